The minimum Gasteiger partial charge on any atom is -0.308 e. The first-order chi connectivity index (χ1) is 16.3. The zero-order valence-electron chi connectivity index (χ0n) is 18.5. The van der Waals surface area contributed by atoms with Crippen molar-refractivity contribution < 1.29 is 8.42 Å². The molecular formula is C23H23ClN6O3S. The van der Waals surface area contributed by atoms with E-state index < -0.39 is 15.6 Å². The zero-order valence-corrected chi connectivity index (χ0v) is 20.1. The van der Waals surface area contributed by atoms with E-state index in [-0.39, 0.29) is 22.9 Å². The van der Waals surface area contributed by atoms with Crippen molar-refractivity contribution >= 4 is 32.8 Å². The molecule has 34 heavy (non-hydrogen) atoms. The Bertz CT molecular complexity index is 1510. The quantitative estimate of drug-likeness (QED) is 0.452. The standard InChI is InChI=1S/C23H23ClN6O3S/c1-15-8-10-18(11-9-15)34(32,33)29-12-4-6-17(13-29)21-25-22-20(23(31)26-21)27-28-30(22)14-16-5-2-3-7-19(16)24/h2-3,5,7-11,17H,4,6,12-14H2,1H3,(H,25,26,31)/t17-/m1/s1. The van der Waals surface area contributed by atoms with Crippen LogP contribution in [0.2, 0.25) is 5.02 Å². The maximum absolute atomic E-state index is 13.2. The molecule has 0 bridgehead atoms. The van der Waals surface area contributed by atoms with Gasteiger partial charge in [0.05, 0.1) is 11.4 Å². The number of hydrogen-bond donors (Lipinski definition) is 1. The van der Waals surface area contributed by atoms with Gasteiger partial charge in [-0.2, -0.15) is 4.31 Å². The largest absolute Gasteiger partial charge is 0.308 e. The number of piperidine rings is 1. The summed E-state index contributed by atoms with van der Waals surface area (Å²) in [6.07, 6.45) is 1.37. The molecule has 4 aromatic rings. The fourth-order valence-electron chi connectivity index (χ4n) is 4.21. The number of sulfonamides is 1. The molecule has 2 aromatic carbocycles. The second-order valence-electron chi connectivity index (χ2n) is 8.48. The molecule has 0 radical (unpaired) electrons. The van der Waals surface area contributed by atoms with Crippen LogP contribution in [0.4, 0.5) is 0 Å². The van der Waals surface area contributed by atoms with E-state index >= 15 is 0 Å². The van der Waals surface area contributed by atoms with E-state index in [0.717, 1.165) is 11.1 Å². The highest BCUT2D eigenvalue weighted by Gasteiger charge is 2.32. The number of benzene rings is 2. The molecule has 1 atom stereocenters. The SMILES string of the molecule is Cc1ccc(S(=O)(=O)N2CCC[C@@H](c3nc4c(nnn4Cc4ccccc4Cl)c(=O)[nH]3)C2)cc1. The second-order valence-corrected chi connectivity index (χ2v) is 10.8. The summed E-state index contributed by atoms with van der Waals surface area (Å²) in [5, 5.41) is 8.67. The molecule has 0 aliphatic carbocycles. The summed E-state index contributed by atoms with van der Waals surface area (Å²) in [6.45, 7) is 2.88. The molecule has 2 aromatic heterocycles. The lowest BCUT2D eigenvalue weighted by molar-refractivity contribution is 0.309. The summed E-state index contributed by atoms with van der Waals surface area (Å²) in [5.41, 5.74) is 1.90. The first-order valence-corrected chi connectivity index (χ1v) is 12.8. The van der Waals surface area contributed by atoms with E-state index in [0.29, 0.717) is 42.4 Å². The predicted molar refractivity (Wildman–Crippen MR) is 128 cm³/mol. The highest BCUT2D eigenvalue weighted by atomic mass is 35.5. The van der Waals surface area contributed by atoms with Crippen LogP contribution in [0.3, 0.4) is 0 Å². The van der Waals surface area contributed by atoms with Gasteiger partial charge in [0.1, 0.15) is 5.82 Å². The fourth-order valence-corrected chi connectivity index (χ4v) is 5.93. The Labute approximate surface area is 201 Å². The summed E-state index contributed by atoms with van der Waals surface area (Å²) >= 11 is 6.28. The Kier molecular flexibility index (Phi) is 5.97. The van der Waals surface area contributed by atoms with E-state index in [2.05, 4.69) is 20.3 Å². The van der Waals surface area contributed by atoms with Crippen LogP contribution in [-0.4, -0.2) is 50.8 Å². The number of halogens is 1. The van der Waals surface area contributed by atoms with Crippen LogP contribution in [0.15, 0.2) is 58.2 Å². The van der Waals surface area contributed by atoms with Crippen molar-refractivity contribution in [3.8, 4) is 0 Å². The van der Waals surface area contributed by atoms with E-state index in [1.807, 2.05) is 25.1 Å². The van der Waals surface area contributed by atoms with Crippen LogP contribution in [0.25, 0.3) is 11.2 Å². The van der Waals surface area contributed by atoms with Crippen molar-refractivity contribution in [3.05, 3.63) is 80.9 Å². The van der Waals surface area contributed by atoms with Gasteiger partial charge in [0.2, 0.25) is 10.0 Å². The number of H-pyrrole nitrogens is 1. The molecule has 1 saturated heterocycles. The normalized spacial score (nSPS) is 17.3. The van der Waals surface area contributed by atoms with Gasteiger partial charge in [-0.3, -0.25) is 4.79 Å². The highest BCUT2D eigenvalue weighted by Crippen LogP contribution is 2.29. The van der Waals surface area contributed by atoms with Crippen LogP contribution in [0, 0.1) is 6.92 Å². The minimum atomic E-state index is -3.65. The van der Waals surface area contributed by atoms with Crippen LogP contribution < -0.4 is 5.56 Å². The first kappa shape index (κ1) is 22.7. The van der Waals surface area contributed by atoms with Crippen LogP contribution in [0.1, 0.15) is 35.7 Å². The Morgan fingerprint density at radius 2 is 1.91 bits per heavy atom. The summed E-state index contributed by atoms with van der Waals surface area (Å²) in [5.74, 6) is 0.179. The van der Waals surface area contributed by atoms with Crippen molar-refractivity contribution in [2.24, 2.45) is 0 Å². The van der Waals surface area contributed by atoms with Crippen molar-refractivity contribution in [3.63, 3.8) is 0 Å². The predicted octanol–water partition coefficient (Wildman–Crippen LogP) is 3.09. The number of rotatable bonds is 5. The summed E-state index contributed by atoms with van der Waals surface area (Å²) in [4.78, 5) is 20.5. The van der Waals surface area contributed by atoms with Gasteiger partial charge in [0, 0.05) is 24.0 Å². The summed E-state index contributed by atoms with van der Waals surface area (Å²) < 4.78 is 29.4. The second kappa shape index (κ2) is 8.94. The molecule has 1 aliphatic heterocycles. The Hall–Kier alpha value is -3.08. The van der Waals surface area contributed by atoms with E-state index in [1.165, 1.54) is 4.31 Å². The maximum Gasteiger partial charge on any atom is 0.281 e. The Morgan fingerprint density at radius 1 is 1.15 bits per heavy atom. The smallest absolute Gasteiger partial charge is 0.281 e. The third-order valence-electron chi connectivity index (χ3n) is 6.10. The van der Waals surface area contributed by atoms with Crippen LogP contribution in [-0.2, 0) is 16.6 Å². The average Bonchev–Trinajstić information content (AvgIpc) is 3.24. The lowest BCUT2D eigenvalue weighted by Gasteiger charge is -2.31. The van der Waals surface area contributed by atoms with Gasteiger partial charge >= 0.3 is 0 Å². The molecule has 1 aliphatic rings. The topological polar surface area (TPSA) is 114 Å². The van der Waals surface area contributed by atoms with Crippen molar-refractivity contribution in [1.82, 2.24) is 29.3 Å². The lowest BCUT2D eigenvalue weighted by atomic mass is 9.99. The molecule has 1 N–H and O–H groups in total. The van der Waals surface area contributed by atoms with Crippen molar-refractivity contribution in [2.45, 2.75) is 37.1 Å². The Morgan fingerprint density at radius 3 is 2.68 bits per heavy atom. The number of aromatic nitrogens is 5. The fraction of sp³-hybridized carbons (Fsp3) is 0.304. The molecule has 3 heterocycles. The molecule has 0 saturated carbocycles. The summed E-state index contributed by atoms with van der Waals surface area (Å²) in [7, 11) is -3.65. The highest BCUT2D eigenvalue weighted by molar-refractivity contribution is 7.89. The molecule has 9 nitrogen and oxygen atoms in total. The van der Waals surface area contributed by atoms with E-state index in [1.54, 1.807) is 35.0 Å². The molecular weight excluding hydrogens is 476 g/mol. The van der Waals surface area contributed by atoms with Crippen molar-refractivity contribution in [1.29, 1.82) is 0 Å². The lowest BCUT2D eigenvalue weighted by Crippen LogP contribution is -2.39. The maximum atomic E-state index is 13.2. The molecule has 11 heteroatoms. The van der Waals surface area contributed by atoms with Gasteiger partial charge < -0.3 is 4.98 Å². The molecule has 0 amide bonds. The first-order valence-electron chi connectivity index (χ1n) is 11.0. The number of nitrogens with zero attached hydrogens (tertiary/aromatic N) is 5. The van der Waals surface area contributed by atoms with Gasteiger partial charge in [-0.05, 0) is 43.5 Å². The molecule has 0 spiro atoms. The average molecular weight is 499 g/mol. The van der Waals surface area contributed by atoms with Gasteiger partial charge in [0.25, 0.3) is 5.56 Å². The minimum absolute atomic E-state index is 0.135. The monoisotopic (exact) mass is 498 g/mol. The third kappa shape index (κ3) is 4.24. The van der Waals surface area contributed by atoms with Crippen LogP contribution in [0.5, 0.6) is 0 Å². The zero-order chi connectivity index (χ0) is 23.9. The third-order valence-corrected chi connectivity index (χ3v) is 8.35. The van der Waals surface area contributed by atoms with Gasteiger partial charge in [-0.1, -0.05) is 52.7 Å². The number of fused-ring (bicyclic) bond motifs is 1. The molecule has 1 fully saturated rings. The van der Waals surface area contributed by atoms with Gasteiger partial charge in [0.15, 0.2) is 11.2 Å². The number of nitrogens with one attached hydrogen (secondary N) is 1. The van der Waals surface area contributed by atoms with Crippen molar-refractivity contribution in [2.75, 3.05) is 13.1 Å². The van der Waals surface area contributed by atoms with Gasteiger partial charge in [-0.15, -0.1) is 5.10 Å². The van der Waals surface area contributed by atoms with E-state index in [9.17, 15) is 13.2 Å². The molecule has 5 rings (SSSR count). The number of hydrogen-bond acceptors (Lipinski definition) is 6. The Balaban J connectivity index is 1.46. The summed E-state index contributed by atoms with van der Waals surface area (Å²) in [6, 6.07) is 14.2. The van der Waals surface area contributed by atoms with E-state index in [4.69, 9.17) is 11.6 Å². The van der Waals surface area contributed by atoms with Crippen LogP contribution >= 0.6 is 11.6 Å². The molecule has 0 unspecified atom stereocenters. The molecule has 176 valence electrons. The number of aryl methyl sites for hydroxylation is 1. The number of aromatic amines is 1. The van der Waals surface area contributed by atoms with Gasteiger partial charge in [-0.25, -0.2) is 18.1 Å².